The van der Waals surface area contributed by atoms with Crippen molar-refractivity contribution in [2.75, 3.05) is 26.3 Å². The van der Waals surface area contributed by atoms with Crippen molar-refractivity contribution < 1.29 is 4.74 Å². The summed E-state index contributed by atoms with van der Waals surface area (Å²) in [5, 5.41) is 11.0. The van der Waals surface area contributed by atoms with Gasteiger partial charge in [0.1, 0.15) is 0 Å². The minimum atomic E-state index is 0.653. The summed E-state index contributed by atoms with van der Waals surface area (Å²) in [6, 6.07) is 10.5. The summed E-state index contributed by atoms with van der Waals surface area (Å²) >= 11 is 0. The molecule has 0 radical (unpaired) electrons. The number of hydrogen-bond donors (Lipinski definition) is 2. The Morgan fingerprint density at radius 2 is 2.15 bits per heavy atom. The average molecular weight is 370 g/mol. The summed E-state index contributed by atoms with van der Waals surface area (Å²) < 4.78 is 7.61. The molecule has 0 amide bonds. The van der Waals surface area contributed by atoms with Crippen molar-refractivity contribution in [2.24, 2.45) is 10.9 Å². The third-order valence-electron chi connectivity index (χ3n) is 4.47. The Bertz CT molecular complexity index is 694. The van der Waals surface area contributed by atoms with E-state index in [1.807, 2.05) is 16.9 Å². The van der Waals surface area contributed by atoms with E-state index >= 15 is 0 Å². The standard InChI is InChI=1S/C21H31N5O/c1-2-22-21(23-10-5-13-27-17-18-8-9-18)24-15-19-6-3-7-20(14-19)16-26-12-4-11-25-26/h3-4,6-7,11-12,14,18H,2,5,8-10,13,15-17H2,1H3,(H2,22,23,24). The van der Waals surface area contributed by atoms with Gasteiger partial charge < -0.3 is 15.4 Å². The smallest absolute Gasteiger partial charge is 0.191 e. The molecule has 0 bridgehead atoms. The molecule has 0 atom stereocenters. The molecule has 3 rings (SSSR count). The third kappa shape index (κ3) is 7.43. The van der Waals surface area contributed by atoms with Crippen LogP contribution in [0, 0.1) is 5.92 Å². The summed E-state index contributed by atoms with van der Waals surface area (Å²) in [6.45, 7) is 6.99. The Balaban J connectivity index is 1.43. The van der Waals surface area contributed by atoms with Gasteiger partial charge in [-0.05, 0) is 49.3 Å². The fraction of sp³-hybridized carbons (Fsp3) is 0.524. The lowest BCUT2D eigenvalue weighted by molar-refractivity contribution is 0.123. The van der Waals surface area contributed by atoms with Gasteiger partial charge in [0.2, 0.25) is 0 Å². The summed E-state index contributed by atoms with van der Waals surface area (Å²) in [7, 11) is 0. The van der Waals surface area contributed by atoms with Crippen molar-refractivity contribution in [1.82, 2.24) is 20.4 Å². The van der Waals surface area contributed by atoms with Crippen LogP contribution in [-0.4, -0.2) is 42.0 Å². The maximum Gasteiger partial charge on any atom is 0.191 e. The van der Waals surface area contributed by atoms with Crippen molar-refractivity contribution in [3.8, 4) is 0 Å². The van der Waals surface area contributed by atoms with Gasteiger partial charge in [-0.1, -0.05) is 24.3 Å². The summed E-state index contributed by atoms with van der Waals surface area (Å²) in [4.78, 5) is 4.71. The number of aromatic nitrogens is 2. The number of rotatable bonds is 11. The van der Waals surface area contributed by atoms with Crippen molar-refractivity contribution >= 4 is 5.96 Å². The van der Waals surface area contributed by atoms with Gasteiger partial charge in [-0.3, -0.25) is 4.68 Å². The lowest BCUT2D eigenvalue weighted by Crippen LogP contribution is -2.38. The van der Waals surface area contributed by atoms with Crippen LogP contribution in [0.25, 0.3) is 0 Å². The van der Waals surface area contributed by atoms with E-state index in [4.69, 9.17) is 9.73 Å². The van der Waals surface area contributed by atoms with Crippen molar-refractivity contribution in [3.05, 3.63) is 53.9 Å². The molecule has 1 aliphatic carbocycles. The number of guanidine groups is 1. The quantitative estimate of drug-likeness (QED) is 0.363. The van der Waals surface area contributed by atoms with Crippen molar-refractivity contribution in [3.63, 3.8) is 0 Å². The second-order valence-corrected chi connectivity index (χ2v) is 7.02. The molecular formula is C21H31N5O. The molecule has 1 aliphatic rings. The molecular weight excluding hydrogens is 338 g/mol. The Labute approximate surface area is 162 Å². The molecule has 1 aromatic carbocycles. The van der Waals surface area contributed by atoms with E-state index < -0.39 is 0 Å². The van der Waals surface area contributed by atoms with Crippen LogP contribution in [0.1, 0.15) is 37.3 Å². The molecule has 146 valence electrons. The number of ether oxygens (including phenoxy) is 1. The van der Waals surface area contributed by atoms with Gasteiger partial charge in [-0.2, -0.15) is 5.10 Å². The zero-order chi connectivity index (χ0) is 18.7. The van der Waals surface area contributed by atoms with Crippen molar-refractivity contribution in [1.29, 1.82) is 0 Å². The molecule has 27 heavy (non-hydrogen) atoms. The van der Waals surface area contributed by atoms with E-state index in [0.29, 0.717) is 6.54 Å². The molecule has 2 N–H and O–H groups in total. The minimum Gasteiger partial charge on any atom is -0.381 e. The first-order valence-corrected chi connectivity index (χ1v) is 9.98. The fourth-order valence-corrected chi connectivity index (χ4v) is 2.84. The molecule has 1 saturated carbocycles. The second kappa shape index (κ2) is 10.7. The van der Waals surface area contributed by atoms with Gasteiger partial charge in [0.15, 0.2) is 5.96 Å². The highest BCUT2D eigenvalue weighted by Crippen LogP contribution is 2.28. The third-order valence-corrected chi connectivity index (χ3v) is 4.47. The Kier molecular flexibility index (Phi) is 7.71. The summed E-state index contributed by atoms with van der Waals surface area (Å²) in [6.07, 6.45) is 7.47. The SMILES string of the molecule is CCNC(=NCc1cccc(Cn2cccn2)c1)NCCCOCC1CC1. The van der Waals surface area contributed by atoms with Gasteiger partial charge in [0, 0.05) is 38.7 Å². The first kappa shape index (κ1) is 19.4. The second-order valence-electron chi connectivity index (χ2n) is 7.02. The lowest BCUT2D eigenvalue weighted by atomic mass is 10.1. The van der Waals surface area contributed by atoms with Gasteiger partial charge in [0.25, 0.3) is 0 Å². The van der Waals surface area contributed by atoms with Crippen LogP contribution >= 0.6 is 0 Å². The van der Waals surface area contributed by atoms with Crippen LogP contribution < -0.4 is 10.6 Å². The molecule has 1 fully saturated rings. The maximum absolute atomic E-state index is 5.68. The van der Waals surface area contributed by atoms with Gasteiger partial charge >= 0.3 is 0 Å². The van der Waals surface area contributed by atoms with Crippen LogP contribution in [0.4, 0.5) is 0 Å². The predicted molar refractivity (Wildman–Crippen MR) is 109 cm³/mol. The molecule has 1 heterocycles. The molecule has 0 unspecified atom stereocenters. The van der Waals surface area contributed by atoms with E-state index in [1.165, 1.54) is 24.0 Å². The zero-order valence-electron chi connectivity index (χ0n) is 16.2. The number of benzene rings is 1. The maximum atomic E-state index is 5.68. The van der Waals surface area contributed by atoms with Crippen LogP contribution in [0.2, 0.25) is 0 Å². The van der Waals surface area contributed by atoms with Gasteiger partial charge in [-0.25, -0.2) is 4.99 Å². The molecule has 6 nitrogen and oxygen atoms in total. The molecule has 6 heteroatoms. The number of nitrogens with zero attached hydrogens (tertiary/aromatic N) is 3. The summed E-state index contributed by atoms with van der Waals surface area (Å²) in [5.74, 6) is 1.69. The minimum absolute atomic E-state index is 0.653. The normalized spacial score (nSPS) is 14.3. The van der Waals surface area contributed by atoms with E-state index in [0.717, 1.165) is 51.1 Å². The number of aliphatic imine (C=N–C) groups is 1. The molecule has 2 aromatic rings. The summed E-state index contributed by atoms with van der Waals surface area (Å²) in [5.41, 5.74) is 2.43. The van der Waals surface area contributed by atoms with E-state index in [-0.39, 0.29) is 0 Å². The first-order chi connectivity index (χ1) is 13.3. The largest absolute Gasteiger partial charge is 0.381 e. The highest BCUT2D eigenvalue weighted by Gasteiger charge is 2.20. The fourth-order valence-electron chi connectivity index (χ4n) is 2.84. The zero-order valence-corrected chi connectivity index (χ0v) is 16.2. The monoisotopic (exact) mass is 369 g/mol. The number of hydrogen-bond acceptors (Lipinski definition) is 3. The molecule has 0 spiro atoms. The Morgan fingerprint density at radius 3 is 2.93 bits per heavy atom. The highest BCUT2D eigenvalue weighted by molar-refractivity contribution is 5.79. The van der Waals surface area contributed by atoms with E-state index in [2.05, 4.69) is 46.9 Å². The van der Waals surface area contributed by atoms with Crippen molar-refractivity contribution in [2.45, 2.75) is 39.3 Å². The lowest BCUT2D eigenvalue weighted by Gasteiger charge is -2.12. The van der Waals surface area contributed by atoms with Crippen LogP contribution in [0.3, 0.4) is 0 Å². The van der Waals surface area contributed by atoms with E-state index in [1.54, 1.807) is 6.20 Å². The molecule has 1 aromatic heterocycles. The van der Waals surface area contributed by atoms with Gasteiger partial charge in [-0.15, -0.1) is 0 Å². The molecule has 0 aliphatic heterocycles. The Hall–Kier alpha value is -2.34. The highest BCUT2D eigenvalue weighted by atomic mass is 16.5. The first-order valence-electron chi connectivity index (χ1n) is 9.98. The van der Waals surface area contributed by atoms with Gasteiger partial charge in [0.05, 0.1) is 13.1 Å². The van der Waals surface area contributed by atoms with Crippen LogP contribution in [0.15, 0.2) is 47.7 Å². The van der Waals surface area contributed by atoms with Crippen LogP contribution in [-0.2, 0) is 17.8 Å². The topological polar surface area (TPSA) is 63.5 Å². The molecule has 0 saturated heterocycles. The Morgan fingerprint density at radius 1 is 1.26 bits per heavy atom. The van der Waals surface area contributed by atoms with Crippen LogP contribution in [0.5, 0.6) is 0 Å². The predicted octanol–water partition coefficient (Wildman–Crippen LogP) is 2.80. The average Bonchev–Trinajstić information content (AvgIpc) is 3.37. The van der Waals surface area contributed by atoms with E-state index in [9.17, 15) is 0 Å². The number of nitrogens with one attached hydrogen (secondary N) is 2.